The van der Waals surface area contributed by atoms with Crippen molar-refractivity contribution in [3.8, 4) is 0 Å². The van der Waals surface area contributed by atoms with Crippen LogP contribution in [-0.2, 0) is 4.79 Å². The second-order valence-corrected chi connectivity index (χ2v) is 7.92. The van der Waals surface area contributed by atoms with Crippen molar-refractivity contribution in [2.24, 2.45) is 5.10 Å². The largest absolute Gasteiger partial charge is 0.376 e. The molecule has 164 valence electrons. The zero-order chi connectivity index (χ0) is 22.2. The molecule has 8 nitrogen and oxygen atoms in total. The fourth-order valence-electron chi connectivity index (χ4n) is 3.81. The van der Waals surface area contributed by atoms with E-state index in [0.29, 0.717) is 11.6 Å². The molecule has 2 aromatic carbocycles. The molecule has 0 unspecified atom stereocenters. The van der Waals surface area contributed by atoms with Gasteiger partial charge in [0.25, 0.3) is 11.6 Å². The average Bonchev–Trinajstić information content (AvgIpc) is 2.78. The number of nitrogens with one attached hydrogen (secondary N) is 2. The molecule has 1 fully saturated rings. The Balaban J connectivity index is 1.66. The average molecular weight is 424 g/mol. The Labute approximate surface area is 182 Å². The van der Waals surface area contributed by atoms with E-state index in [4.69, 9.17) is 0 Å². The number of nitro groups is 1. The van der Waals surface area contributed by atoms with Crippen molar-refractivity contribution in [3.63, 3.8) is 0 Å². The molecule has 8 heteroatoms. The van der Waals surface area contributed by atoms with Crippen LogP contribution in [0.2, 0.25) is 0 Å². The summed E-state index contributed by atoms with van der Waals surface area (Å²) in [4.78, 5) is 25.1. The van der Waals surface area contributed by atoms with Gasteiger partial charge in [0.2, 0.25) is 0 Å². The lowest BCUT2D eigenvalue weighted by Crippen LogP contribution is -2.34. The van der Waals surface area contributed by atoms with Gasteiger partial charge in [-0.15, -0.1) is 0 Å². The molecule has 3 rings (SSSR count). The van der Waals surface area contributed by atoms with E-state index in [2.05, 4.69) is 20.7 Å². The van der Waals surface area contributed by atoms with Gasteiger partial charge in [-0.05, 0) is 38.0 Å². The molecule has 1 saturated carbocycles. The molecule has 0 saturated heterocycles. The van der Waals surface area contributed by atoms with Crippen LogP contribution in [0.3, 0.4) is 0 Å². The summed E-state index contributed by atoms with van der Waals surface area (Å²) in [6.45, 7) is 2.07. The Morgan fingerprint density at radius 3 is 2.58 bits per heavy atom. The van der Waals surface area contributed by atoms with Crippen LogP contribution in [0, 0.1) is 17.0 Å². The summed E-state index contributed by atoms with van der Waals surface area (Å²) in [7, 11) is 2.01. The minimum absolute atomic E-state index is 0.00499. The predicted octanol–water partition coefficient (Wildman–Crippen LogP) is 4.23. The highest BCUT2D eigenvalue weighted by molar-refractivity contribution is 5.90. The number of aryl methyl sites for hydroxylation is 1. The van der Waals surface area contributed by atoms with Crippen molar-refractivity contribution in [2.45, 2.75) is 45.1 Å². The van der Waals surface area contributed by atoms with Crippen LogP contribution in [0.5, 0.6) is 0 Å². The van der Waals surface area contributed by atoms with Crippen LogP contribution in [0.4, 0.5) is 17.1 Å². The molecule has 0 aliphatic heterocycles. The number of anilines is 2. The Hall–Kier alpha value is -3.42. The molecule has 0 spiro atoms. The molecule has 1 aliphatic rings. The van der Waals surface area contributed by atoms with Crippen molar-refractivity contribution >= 4 is 29.2 Å². The lowest BCUT2D eigenvalue weighted by molar-refractivity contribution is -0.384. The van der Waals surface area contributed by atoms with Crippen molar-refractivity contribution in [3.05, 3.63) is 63.7 Å². The number of hydrazone groups is 1. The molecular weight excluding hydrogens is 394 g/mol. The Morgan fingerprint density at radius 2 is 1.90 bits per heavy atom. The molecule has 0 radical (unpaired) electrons. The number of rotatable bonds is 8. The van der Waals surface area contributed by atoms with E-state index in [0.717, 1.165) is 29.8 Å². The molecule has 2 N–H and O–H groups in total. The van der Waals surface area contributed by atoms with E-state index in [1.165, 1.54) is 37.6 Å². The van der Waals surface area contributed by atoms with Crippen LogP contribution in [-0.4, -0.2) is 36.7 Å². The van der Waals surface area contributed by atoms with Gasteiger partial charge in [-0.3, -0.25) is 14.9 Å². The van der Waals surface area contributed by atoms with Crippen molar-refractivity contribution < 1.29 is 9.72 Å². The van der Waals surface area contributed by atoms with E-state index in [1.54, 1.807) is 6.07 Å². The summed E-state index contributed by atoms with van der Waals surface area (Å²) >= 11 is 0. The number of carbonyl (C=O) groups excluding carboxylic acids is 1. The van der Waals surface area contributed by atoms with Gasteiger partial charge in [-0.1, -0.05) is 37.0 Å². The van der Waals surface area contributed by atoms with Gasteiger partial charge < -0.3 is 10.2 Å². The highest BCUT2D eigenvalue weighted by Crippen LogP contribution is 2.30. The highest BCUT2D eigenvalue weighted by Gasteiger charge is 2.21. The van der Waals surface area contributed by atoms with Crippen LogP contribution in [0.25, 0.3) is 0 Å². The summed E-state index contributed by atoms with van der Waals surface area (Å²) in [5, 5.41) is 18.3. The maximum absolute atomic E-state index is 12.1. The van der Waals surface area contributed by atoms with Gasteiger partial charge in [0.05, 0.1) is 17.7 Å². The molecule has 0 aromatic heterocycles. The molecule has 0 bridgehead atoms. The van der Waals surface area contributed by atoms with Gasteiger partial charge >= 0.3 is 0 Å². The number of amides is 1. The van der Waals surface area contributed by atoms with Gasteiger partial charge in [0.1, 0.15) is 0 Å². The van der Waals surface area contributed by atoms with Crippen molar-refractivity contribution in [1.29, 1.82) is 0 Å². The first-order valence-corrected chi connectivity index (χ1v) is 10.6. The van der Waals surface area contributed by atoms with Crippen LogP contribution < -0.4 is 15.6 Å². The molecule has 0 atom stereocenters. The molecule has 0 heterocycles. The van der Waals surface area contributed by atoms with E-state index in [1.807, 2.05) is 38.2 Å². The monoisotopic (exact) mass is 423 g/mol. The Kier molecular flexibility index (Phi) is 7.59. The maximum Gasteiger partial charge on any atom is 0.270 e. The normalized spacial score (nSPS) is 14.4. The Bertz CT molecular complexity index is 937. The standard InChI is InChI=1S/C23H29N5O3/c1-17-8-10-19(11-9-17)24-16-23(29)26-25-15-18-14-21(28(30)31)12-13-22(18)27(2)20-6-4-3-5-7-20/h8-15,20,24H,3-7,16H2,1-2H3,(H,26,29)/b25-15+. The lowest BCUT2D eigenvalue weighted by Gasteiger charge is -2.33. The third-order valence-electron chi connectivity index (χ3n) is 5.62. The highest BCUT2D eigenvalue weighted by atomic mass is 16.6. The summed E-state index contributed by atoms with van der Waals surface area (Å²) in [5.74, 6) is -0.301. The minimum Gasteiger partial charge on any atom is -0.376 e. The first-order chi connectivity index (χ1) is 14.9. The van der Waals surface area contributed by atoms with Crippen molar-refractivity contribution in [2.75, 3.05) is 23.8 Å². The zero-order valence-electron chi connectivity index (χ0n) is 18.0. The van der Waals surface area contributed by atoms with Gasteiger partial charge in [-0.2, -0.15) is 5.10 Å². The second-order valence-electron chi connectivity index (χ2n) is 7.92. The van der Waals surface area contributed by atoms with Gasteiger partial charge in [-0.25, -0.2) is 5.43 Å². The smallest absolute Gasteiger partial charge is 0.270 e. The fraction of sp³-hybridized carbons (Fsp3) is 0.391. The zero-order valence-corrected chi connectivity index (χ0v) is 18.0. The van der Waals surface area contributed by atoms with E-state index >= 15 is 0 Å². The molecule has 2 aromatic rings. The first-order valence-electron chi connectivity index (χ1n) is 10.6. The van der Waals surface area contributed by atoms with Crippen molar-refractivity contribution in [1.82, 2.24) is 5.43 Å². The minimum atomic E-state index is -0.425. The molecular formula is C23H29N5O3. The number of nitro benzene ring substituents is 1. The molecule has 1 amide bonds. The third kappa shape index (κ3) is 6.28. The topological polar surface area (TPSA) is 99.9 Å². The number of non-ortho nitro benzene ring substituents is 1. The number of nitrogens with zero attached hydrogens (tertiary/aromatic N) is 3. The number of hydrogen-bond donors (Lipinski definition) is 2. The van der Waals surface area contributed by atoms with Gasteiger partial charge in [0, 0.05) is 42.2 Å². The maximum atomic E-state index is 12.1. The summed E-state index contributed by atoms with van der Waals surface area (Å²) in [6.07, 6.45) is 7.31. The van der Waals surface area contributed by atoms with Crippen LogP contribution >= 0.6 is 0 Å². The fourth-order valence-corrected chi connectivity index (χ4v) is 3.81. The number of carbonyl (C=O) groups is 1. The summed E-state index contributed by atoms with van der Waals surface area (Å²) in [6, 6.07) is 12.9. The quantitative estimate of drug-likeness (QED) is 0.376. The predicted molar refractivity (Wildman–Crippen MR) is 124 cm³/mol. The Morgan fingerprint density at radius 1 is 1.19 bits per heavy atom. The second kappa shape index (κ2) is 10.6. The molecule has 1 aliphatic carbocycles. The number of hydrogen-bond acceptors (Lipinski definition) is 6. The van der Waals surface area contributed by atoms with Crippen LogP contribution in [0.1, 0.15) is 43.2 Å². The van der Waals surface area contributed by atoms with E-state index in [9.17, 15) is 14.9 Å². The van der Waals surface area contributed by atoms with E-state index < -0.39 is 4.92 Å². The first kappa shape index (κ1) is 22.3. The molecule has 31 heavy (non-hydrogen) atoms. The van der Waals surface area contributed by atoms with E-state index in [-0.39, 0.29) is 18.1 Å². The van der Waals surface area contributed by atoms with Gasteiger partial charge in [0.15, 0.2) is 0 Å². The lowest BCUT2D eigenvalue weighted by atomic mass is 9.94. The summed E-state index contributed by atoms with van der Waals surface area (Å²) in [5.41, 5.74) is 5.95. The SMILES string of the molecule is Cc1ccc(NCC(=O)N/N=C/c2cc([N+](=O)[O-])ccc2N(C)C2CCCCC2)cc1. The third-order valence-corrected chi connectivity index (χ3v) is 5.62. The summed E-state index contributed by atoms with van der Waals surface area (Å²) < 4.78 is 0. The number of benzene rings is 2. The van der Waals surface area contributed by atoms with Crippen LogP contribution in [0.15, 0.2) is 47.6 Å².